The van der Waals surface area contributed by atoms with Gasteiger partial charge in [-0.05, 0) is 42.0 Å². The first-order valence-electron chi connectivity index (χ1n) is 7.87. The van der Waals surface area contributed by atoms with E-state index in [-0.39, 0.29) is 17.3 Å². The van der Waals surface area contributed by atoms with E-state index in [4.69, 9.17) is 9.47 Å². The van der Waals surface area contributed by atoms with Gasteiger partial charge in [0.15, 0.2) is 11.5 Å². The van der Waals surface area contributed by atoms with Gasteiger partial charge in [-0.2, -0.15) is 4.72 Å². The summed E-state index contributed by atoms with van der Waals surface area (Å²) in [4.78, 5) is 11.9. The Morgan fingerprint density at radius 3 is 2.46 bits per heavy atom. The second kappa shape index (κ2) is 7.90. The van der Waals surface area contributed by atoms with Crippen LogP contribution in [0, 0.1) is 5.82 Å². The van der Waals surface area contributed by atoms with E-state index in [1.54, 1.807) is 12.1 Å². The number of methoxy groups -OCH3 is 1. The molecule has 0 aliphatic carbocycles. The lowest BCUT2D eigenvalue weighted by Gasteiger charge is -2.22. The molecule has 0 radical (unpaired) electrons. The highest BCUT2D eigenvalue weighted by Crippen LogP contribution is 2.40. The second-order valence-electron chi connectivity index (χ2n) is 5.75. The Hall–Kier alpha value is -2.43. The van der Waals surface area contributed by atoms with Crippen LogP contribution < -0.4 is 14.2 Å². The van der Waals surface area contributed by atoms with Crippen LogP contribution in [0.3, 0.4) is 0 Å². The summed E-state index contributed by atoms with van der Waals surface area (Å²) in [6, 6.07) is 6.24. The van der Waals surface area contributed by atoms with E-state index in [1.807, 2.05) is 0 Å². The van der Waals surface area contributed by atoms with E-state index in [9.17, 15) is 17.6 Å². The predicted octanol–water partition coefficient (Wildman–Crippen LogP) is 3.07. The van der Waals surface area contributed by atoms with Gasteiger partial charge >= 0.3 is 5.97 Å². The van der Waals surface area contributed by atoms with E-state index >= 15 is 0 Å². The predicted molar refractivity (Wildman–Crippen MR) is 101 cm³/mol. The highest BCUT2D eigenvalue weighted by atomic mass is 79.9. The summed E-state index contributed by atoms with van der Waals surface area (Å²) >= 11 is 3.35. The number of ether oxygens (including phenoxy) is 3. The number of hydrogen-bond acceptors (Lipinski definition) is 6. The maximum Gasteiger partial charge on any atom is 0.335 e. The molecular formula is C18H15BrFNO6S. The maximum absolute atomic E-state index is 13.1. The zero-order valence-electron chi connectivity index (χ0n) is 14.6. The smallest absolute Gasteiger partial charge is 0.335 e. The summed E-state index contributed by atoms with van der Waals surface area (Å²) in [6.07, 6.45) is 0. The Bertz CT molecular complexity index is 1040. The minimum atomic E-state index is -4.12. The lowest BCUT2D eigenvalue weighted by molar-refractivity contribution is -0.136. The van der Waals surface area contributed by atoms with Crippen LogP contribution in [0.4, 0.5) is 4.39 Å². The molecule has 1 heterocycles. The molecule has 0 saturated carbocycles. The Morgan fingerprint density at radius 2 is 1.86 bits per heavy atom. The number of sulfonamides is 1. The van der Waals surface area contributed by atoms with Gasteiger partial charge in [-0.25, -0.2) is 17.6 Å². The third-order valence-electron chi connectivity index (χ3n) is 4.00. The molecule has 0 saturated heterocycles. The molecule has 1 atom stereocenters. The fraction of sp³-hybridized carbons (Fsp3) is 0.167. The monoisotopic (exact) mass is 471 g/mol. The summed E-state index contributed by atoms with van der Waals surface area (Å²) < 4.78 is 56.9. The van der Waals surface area contributed by atoms with E-state index in [2.05, 4.69) is 32.0 Å². The van der Waals surface area contributed by atoms with Crippen LogP contribution in [0.1, 0.15) is 11.6 Å². The van der Waals surface area contributed by atoms with Crippen LogP contribution in [0.2, 0.25) is 0 Å². The number of fused-ring (bicyclic) bond motifs is 1. The van der Waals surface area contributed by atoms with Crippen molar-refractivity contribution in [1.29, 1.82) is 0 Å². The maximum atomic E-state index is 13.1. The minimum absolute atomic E-state index is 0.0230. The quantitative estimate of drug-likeness (QED) is 0.514. The largest absolute Gasteiger partial charge is 0.466 e. The Labute approximate surface area is 169 Å². The summed E-state index contributed by atoms with van der Waals surface area (Å²) in [5, 5.41) is 0. The molecule has 1 aliphatic rings. The highest BCUT2D eigenvalue weighted by molar-refractivity contribution is 9.10. The Kier molecular flexibility index (Phi) is 5.73. The van der Waals surface area contributed by atoms with Gasteiger partial charge in [0.25, 0.3) is 0 Å². The zero-order valence-corrected chi connectivity index (χ0v) is 17.0. The molecule has 1 N–H and O–H groups in total. The lowest BCUT2D eigenvalue weighted by atomic mass is 10.0. The lowest BCUT2D eigenvalue weighted by Crippen LogP contribution is -2.32. The summed E-state index contributed by atoms with van der Waals surface area (Å²) in [6.45, 7) is 3.70. The molecular weight excluding hydrogens is 457 g/mol. The van der Waals surface area contributed by atoms with Crippen LogP contribution in [0.25, 0.3) is 0 Å². The number of carbonyl (C=O) groups excluding carboxylic acids is 1. The average Bonchev–Trinajstić information content (AvgIpc) is 3.12. The zero-order chi connectivity index (χ0) is 20.5. The second-order valence-corrected chi connectivity index (χ2v) is 8.32. The highest BCUT2D eigenvalue weighted by Gasteiger charge is 2.31. The summed E-state index contributed by atoms with van der Waals surface area (Å²) in [5.41, 5.74) is 0.220. The molecule has 3 rings (SSSR count). The molecule has 0 spiro atoms. The van der Waals surface area contributed by atoms with Crippen molar-refractivity contribution in [2.75, 3.05) is 13.9 Å². The van der Waals surface area contributed by atoms with Crippen LogP contribution in [-0.4, -0.2) is 28.3 Å². The van der Waals surface area contributed by atoms with Crippen molar-refractivity contribution in [2.24, 2.45) is 0 Å². The van der Waals surface area contributed by atoms with E-state index in [1.165, 1.54) is 0 Å². The molecule has 148 valence electrons. The van der Waals surface area contributed by atoms with E-state index < -0.39 is 27.9 Å². The number of nitrogens with one attached hydrogen (secondary N) is 1. The third kappa shape index (κ3) is 4.03. The minimum Gasteiger partial charge on any atom is -0.466 e. The van der Waals surface area contributed by atoms with Crippen molar-refractivity contribution in [3.05, 3.63) is 64.4 Å². The van der Waals surface area contributed by atoms with Gasteiger partial charge in [0, 0.05) is 4.47 Å². The number of hydrogen-bond donors (Lipinski definition) is 1. The first-order valence-corrected chi connectivity index (χ1v) is 10.1. The first-order chi connectivity index (χ1) is 13.2. The average molecular weight is 472 g/mol. The number of rotatable bonds is 6. The van der Waals surface area contributed by atoms with E-state index in [0.717, 1.165) is 31.4 Å². The molecule has 1 unspecified atom stereocenters. The number of esters is 1. The summed E-state index contributed by atoms with van der Waals surface area (Å²) in [5.74, 6) is -0.509. The fourth-order valence-electron chi connectivity index (χ4n) is 2.56. The fourth-order valence-corrected chi connectivity index (χ4v) is 4.32. The van der Waals surface area contributed by atoms with Gasteiger partial charge in [0.1, 0.15) is 5.82 Å². The topological polar surface area (TPSA) is 90.9 Å². The van der Waals surface area contributed by atoms with Crippen molar-refractivity contribution in [2.45, 2.75) is 10.9 Å². The third-order valence-corrected chi connectivity index (χ3v) is 6.12. The molecule has 0 bridgehead atoms. The van der Waals surface area contributed by atoms with Crippen LogP contribution in [0.15, 0.2) is 57.9 Å². The van der Waals surface area contributed by atoms with Crippen LogP contribution >= 0.6 is 15.9 Å². The molecule has 0 aromatic heterocycles. The van der Waals surface area contributed by atoms with Crippen molar-refractivity contribution in [3.8, 4) is 11.5 Å². The Balaban J connectivity index is 2.04. The van der Waals surface area contributed by atoms with Gasteiger partial charge in [-0.3, -0.25) is 0 Å². The number of halogens is 2. The van der Waals surface area contributed by atoms with Gasteiger partial charge in [0.2, 0.25) is 16.8 Å². The molecule has 7 nitrogen and oxygen atoms in total. The van der Waals surface area contributed by atoms with Gasteiger partial charge in [0.05, 0.1) is 23.6 Å². The molecule has 1 aliphatic heterocycles. The molecule has 0 fully saturated rings. The SMILES string of the molecule is C=C(C(=O)OC)C(NS(=O)(=O)c1ccc(F)cc1)c1cc2c(cc1Br)OCO2. The molecule has 0 amide bonds. The molecule has 28 heavy (non-hydrogen) atoms. The van der Waals surface area contributed by atoms with Crippen molar-refractivity contribution < 1.29 is 31.8 Å². The molecule has 2 aromatic carbocycles. The van der Waals surface area contributed by atoms with Crippen LogP contribution in [0.5, 0.6) is 11.5 Å². The van der Waals surface area contributed by atoms with E-state index in [0.29, 0.717) is 21.5 Å². The van der Waals surface area contributed by atoms with Crippen molar-refractivity contribution >= 4 is 31.9 Å². The number of benzene rings is 2. The van der Waals surface area contributed by atoms with Crippen molar-refractivity contribution in [1.82, 2.24) is 4.72 Å². The van der Waals surface area contributed by atoms with Crippen LogP contribution in [-0.2, 0) is 19.6 Å². The Morgan fingerprint density at radius 1 is 1.25 bits per heavy atom. The number of carbonyl (C=O) groups is 1. The van der Waals surface area contributed by atoms with Gasteiger partial charge in [-0.15, -0.1) is 0 Å². The van der Waals surface area contributed by atoms with Gasteiger partial charge in [-0.1, -0.05) is 22.5 Å². The van der Waals surface area contributed by atoms with Crippen molar-refractivity contribution in [3.63, 3.8) is 0 Å². The standard InChI is InChI=1S/C18H15BrFNO6S/c1-10(18(22)25-2)17(13-7-15-16(8-14(13)19)27-9-26-15)21-28(23,24)12-5-3-11(20)4-6-12/h3-8,17,21H,1,9H2,2H3. The first kappa shape index (κ1) is 20.3. The summed E-state index contributed by atoms with van der Waals surface area (Å²) in [7, 11) is -2.96. The molecule has 2 aromatic rings. The molecule has 10 heteroatoms. The normalized spacial score (nSPS) is 13.8. The van der Waals surface area contributed by atoms with Gasteiger partial charge < -0.3 is 14.2 Å².